The molecule has 1 atom stereocenters. The van der Waals surface area contributed by atoms with Crippen molar-refractivity contribution in [3.63, 3.8) is 0 Å². The summed E-state index contributed by atoms with van der Waals surface area (Å²) >= 11 is 0. The van der Waals surface area contributed by atoms with Crippen molar-refractivity contribution in [2.24, 2.45) is 5.92 Å². The van der Waals surface area contributed by atoms with Crippen LogP contribution in [-0.2, 0) is 16.1 Å². The maximum atomic E-state index is 12.1. The maximum Gasteiger partial charge on any atom is 0.326 e. The number of carboxylic acid groups (broad SMARTS) is 1. The van der Waals surface area contributed by atoms with Crippen LogP contribution in [0, 0.1) is 5.92 Å². The van der Waals surface area contributed by atoms with Gasteiger partial charge in [-0.3, -0.25) is 4.79 Å². The molecule has 0 fully saturated rings. The van der Waals surface area contributed by atoms with Crippen molar-refractivity contribution in [1.29, 1.82) is 0 Å². The number of ether oxygens (including phenoxy) is 1. The minimum atomic E-state index is -1.02. The van der Waals surface area contributed by atoms with Crippen molar-refractivity contribution in [3.05, 3.63) is 30.5 Å². The quantitative estimate of drug-likeness (QED) is 0.854. The molecule has 0 saturated carbocycles. The number of benzene rings is 1. The smallest absolute Gasteiger partial charge is 0.326 e. The highest BCUT2D eigenvalue weighted by Crippen LogP contribution is 2.21. The first-order chi connectivity index (χ1) is 10.4. The van der Waals surface area contributed by atoms with Crippen molar-refractivity contribution < 1.29 is 19.4 Å². The molecule has 2 aromatic rings. The van der Waals surface area contributed by atoms with Crippen molar-refractivity contribution in [2.75, 3.05) is 7.11 Å². The van der Waals surface area contributed by atoms with Gasteiger partial charge in [0, 0.05) is 17.1 Å². The number of amides is 1. The number of carbonyl (C=O) groups excluding carboxylic acids is 1. The monoisotopic (exact) mass is 304 g/mol. The predicted molar refractivity (Wildman–Crippen MR) is 82.9 cm³/mol. The van der Waals surface area contributed by atoms with Gasteiger partial charge in [0.1, 0.15) is 18.3 Å². The third-order valence-corrected chi connectivity index (χ3v) is 3.54. The molecule has 6 heteroatoms. The lowest BCUT2D eigenvalue weighted by molar-refractivity contribution is -0.143. The molecular weight excluding hydrogens is 284 g/mol. The van der Waals surface area contributed by atoms with E-state index in [1.54, 1.807) is 31.7 Å². The molecule has 0 spiro atoms. The molecule has 22 heavy (non-hydrogen) atoms. The second-order valence-electron chi connectivity index (χ2n) is 5.50. The van der Waals surface area contributed by atoms with Gasteiger partial charge in [-0.2, -0.15) is 0 Å². The molecule has 0 aliphatic heterocycles. The van der Waals surface area contributed by atoms with E-state index in [0.717, 1.165) is 16.7 Å². The summed E-state index contributed by atoms with van der Waals surface area (Å²) in [4.78, 5) is 23.2. The number of hydrogen-bond acceptors (Lipinski definition) is 3. The van der Waals surface area contributed by atoms with Gasteiger partial charge < -0.3 is 19.7 Å². The standard InChI is InChI=1S/C16H20N2O4/c1-10(2)15(16(20)21)17-14(19)9-18-7-6-11-8-12(22-3)4-5-13(11)18/h4-8,10,15H,9H2,1-3H3,(H,17,19)(H,20,21). The van der Waals surface area contributed by atoms with Gasteiger partial charge in [0.05, 0.1) is 7.11 Å². The zero-order chi connectivity index (χ0) is 16.3. The van der Waals surface area contributed by atoms with Crippen molar-refractivity contribution >= 4 is 22.8 Å². The Hall–Kier alpha value is -2.50. The number of carboxylic acids is 1. The van der Waals surface area contributed by atoms with Crippen LogP contribution in [0.4, 0.5) is 0 Å². The molecule has 0 aliphatic rings. The van der Waals surface area contributed by atoms with Crippen LogP contribution in [0.3, 0.4) is 0 Å². The van der Waals surface area contributed by atoms with Gasteiger partial charge in [0.25, 0.3) is 0 Å². The highest BCUT2D eigenvalue weighted by molar-refractivity contribution is 5.86. The minimum Gasteiger partial charge on any atom is -0.497 e. The summed E-state index contributed by atoms with van der Waals surface area (Å²) in [6.45, 7) is 3.60. The number of nitrogens with one attached hydrogen (secondary N) is 1. The number of carbonyl (C=O) groups is 2. The molecule has 118 valence electrons. The van der Waals surface area contributed by atoms with Crippen molar-refractivity contribution in [3.8, 4) is 5.75 Å². The fraction of sp³-hybridized carbons (Fsp3) is 0.375. The van der Waals surface area contributed by atoms with E-state index in [1.807, 2.05) is 24.3 Å². The van der Waals surface area contributed by atoms with E-state index in [0.29, 0.717) is 0 Å². The fourth-order valence-corrected chi connectivity index (χ4v) is 2.33. The van der Waals surface area contributed by atoms with Gasteiger partial charge in [-0.05, 0) is 30.2 Å². The van der Waals surface area contributed by atoms with Crippen LogP contribution in [0.15, 0.2) is 30.5 Å². The topological polar surface area (TPSA) is 80.6 Å². The highest BCUT2D eigenvalue weighted by Gasteiger charge is 2.23. The van der Waals surface area contributed by atoms with Crippen LogP contribution >= 0.6 is 0 Å². The Morgan fingerprint density at radius 2 is 2.05 bits per heavy atom. The van der Waals surface area contributed by atoms with Crippen molar-refractivity contribution in [2.45, 2.75) is 26.4 Å². The summed E-state index contributed by atoms with van der Waals surface area (Å²) in [5.41, 5.74) is 0.896. The summed E-state index contributed by atoms with van der Waals surface area (Å²) in [6.07, 6.45) is 1.80. The lowest BCUT2D eigenvalue weighted by Gasteiger charge is -2.18. The normalized spacial score (nSPS) is 12.4. The first-order valence-corrected chi connectivity index (χ1v) is 7.07. The minimum absolute atomic E-state index is 0.0757. The number of rotatable bonds is 6. The number of aliphatic carboxylic acids is 1. The Labute approximate surface area is 128 Å². The molecule has 1 aromatic heterocycles. The van der Waals surface area contributed by atoms with Gasteiger partial charge in [-0.15, -0.1) is 0 Å². The SMILES string of the molecule is COc1ccc2c(ccn2CC(=O)NC(C(=O)O)C(C)C)c1. The number of methoxy groups -OCH3 is 1. The molecule has 0 radical (unpaired) electrons. The maximum absolute atomic E-state index is 12.1. The molecule has 6 nitrogen and oxygen atoms in total. The second kappa shape index (κ2) is 6.51. The van der Waals surface area contributed by atoms with Gasteiger partial charge in [-0.25, -0.2) is 4.79 Å². The van der Waals surface area contributed by atoms with Crippen LogP contribution < -0.4 is 10.1 Å². The van der Waals surface area contributed by atoms with Crippen LogP contribution in [0.25, 0.3) is 10.9 Å². The lowest BCUT2D eigenvalue weighted by Crippen LogP contribution is -2.45. The molecule has 2 rings (SSSR count). The van der Waals surface area contributed by atoms with E-state index >= 15 is 0 Å². The van der Waals surface area contributed by atoms with Gasteiger partial charge in [0.2, 0.25) is 5.91 Å². The van der Waals surface area contributed by atoms with E-state index in [9.17, 15) is 9.59 Å². The molecule has 1 heterocycles. The number of nitrogens with zero attached hydrogens (tertiary/aromatic N) is 1. The van der Waals surface area contributed by atoms with Crippen LogP contribution in [-0.4, -0.2) is 34.7 Å². The lowest BCUT2D eigenvalue weighted by atomic mass is 10.1. The Morgan fingerprint density at radius 1 is 1.32 bits per heavy atom. The number of fused-ring (bicyclic) bond motifs is 1. The number of aromatic nitrogens is 1. The largest absolute Gasteiger partial charge is 0.497 e. The third kappa shape index (κ3) is 3.39. The summed E-state index contributed by atoms with van der Waals surface area (Å²) in [6, 6.07) is 6.60. The van der Waals surface area contributed by atoms with Crippen molar-refractivity contribution in [1.82, 2.24) is 9.88 Å². The average molecular weight is 304 g/mol. The number of hydrogen-bond donors (Lipinski definition) is 2. The Balaban J connectivity index is 2.13. The Kier molecular flexibility index (Phi) is 4.70. The molecule has 1 unspecified atom stereocenters. The molecule has 0 saturated heterocycles. The summed E-state index contributed by atoms with van der Waals surface area (Å²) in [5, 5.41) is 12.6. The molecule has 0 bridgehead atoms. The fourth-order valence-electron chi connectivity index (χ4n) is 2.33. The molecular formula is C16H20N2O4. The first-order valence-electron chi connectivity index (χ1n) is 7.07. The van der Waals surface area contributed by atoms with Gasteiger partial charge >= 0.3 is 5.97 Å². The molecule has 0 aliphatic carbocycles. The first kappa shape index (κ1) is 15.9. The molecule has 1 aromatic carbocycles. The van der Waals surface area contributed by atoms with E-state index < -0.39 is 12.0 Å². The van der Waals surface area contributed by atoms with Gasteiger partial charge in [0.15, 0.2) is 0 Å². The zero-order valence-electron chi connectivity index (χ0n) is 12.9. The Bertz CT molecular complexity index is 691. The van der Waals surface area contributed by atoms with E-state index in [1.165, 1.54) is 0 Å². The molecule has 1 amide bonds. The highest BCUT2D eigenvalue weighted by atomic mass is 16.5. The van der Waals surface area contributed by atoms with E-state index in [4.69, 9.17) is 9.84 Å². The second-order valence-corrected chi connectivity index (χ2v) is 5.50. The van der Waals surface area contributed by atoms with Gasteiger partial charge in [-0.1, -0.05) is 13.8 Å². The molecule has 2 N–H and O–H groups in total. The van der Waals surface area contributed by atoms with E-state index in [-0.39, 0.29) is 18.4 Å². The summed E-state index contributed by atoms with van der Waals surface area (Å²) < 4.78 is 6.95. The summed E-state index contributed by atoms with van der Waals surface area (Å²) in [7, 11) is 1.60. The van der Waals surface area contributed by atoms with E-state index in [2.05, 4.69) is 5.32 Å². The third-order valence-electron chi connectivity index (χ3n) is 3.54. The zero-order valence-corrected chi connectivity index (χ0v) is 12.9. The average Bonchev–Trinajstić information content (AvgIpc) is 2.86. The Morgan fingerprint density at radius 3 is 2.64 bits per heavy atom. The predicted octanol–water partition coefficient (Wildman–Crippen LogP) is 1.88. The van der Waals surface area contributed by atoms with Crippen LogP contribution in [0.1, 0.15) is 13.8 Å². The summed E-state index contributed by atoms with van der Waals surface area (Å²) in [5.74, 6) is -0.771. The van der Waals surface area contributed by atoms with Crippen LogP contribution in [0.2, 0.25) is 0 Å². The van der Waals surface area contributed by atoms with Crippen LogP contribution in [0.5, 0.6) is 5.75 Å².